The van der Waals surface area contributed by atoms with Gasteiger partial charge < -0.3 is 15.1 Å². The average Bonchev–Trinajstić information content (AvgIpc) is 3.00. The number of likely N-dealkylation sites (tertiary alicyclic amines) is 2. The monoisotopic (exact) mass is 281 g/mol. The predicted molar refractivity (Wildman–Crippen MR) is 78.3 cm³/mol. The standard InChI is InChI=1S/C15H27N3O2/c1-2-7-17-10-5-13(6-11-17)12-16-14(19)15(20)18-8-3-4-9-18/h13H,2-12H2,1H3,(H,16,19). The fourth-order valence-corrected chi connectivity index (χ4v) is 3.11. The Bertz CT molecular complexity index is 332. The number of rotatable bonds is 4. The lowest BCUT2D eigenvalue weighted by Gasteiger charge is -2.31. The van der Waals surface area contributed by atoms with Crippen LogP contribution in [0.15, 0.2) is 0 Å². The maximum Gasteiger partial charge on any atom is 0.311 e. The van der Waals surface area contributed by atoms with Crippen LogP contribution >= 0.6 is 0 Å². The van der Waals surface area contributed by atoms with Gasteiger partial charge in [0.05, 0.1) is 0 Å². The molecule has 20 heavy (non-hydrogen) atoms. The highest BCUT2D eigenvalue weighted by Crippen LogP contribution is 2.16. The van der Waals surface area contributed by atoms with Crippen molar-refractivity contribution in [3.63, 3.8) is 0 Å². The molecule has 0 saturated carbocycles. The molecule has 5 nitrogen and oxygen atoms in total. The fraction of sp³-hybridized carbons (Fsp3) is 0.867. The lowest BCUT2D eigenvalue weighted by atomic mass is 9.96. The maximum atomic E-state index is 11.9. The molecule has 2 saturated heterocycles. The zero-order valence-corrected chi connectivity index (χ0v) is 12.6. The van der Waals surface area contributed by atoms with Crippen molar-refractivity contribution >= 4 is 11.8 Å². The van der Waals surface area contributed by atoms with Gasteiger partial charge in [-0.15, -0.1) is 0 Å². The molecule has 0 aromatic rings. The quantitative estimate of drug-likeness (QED) is 0.777. The van der Waals surface area contributed by atoms with Crippen LogP contribution in [0.4, 0.5) is 0 Å². The van der Waals surface area contributed by atoms with Crippen molar-refractivity contribution in [2.24, 2.45) is 5.92 Å². The lowest BCUT2D eigenvalue weighted by Crippen LogP contribution is -2.44. The summed E-state index contributed by atoms with van der Waals surface area (Å²) in [7, 11) is 0. The Hall–Kier alpha value is -1.10. The number of amides is 2. The molecular weight excluding hydrogens is 254 g/mol. The van der Waals surface area contributed by atoms with Crippen LogP contribution in [0.2, 0.25) is 0 Å². The number of carbonyl (C=O) groups excluding carboxylic acids is 2. The first-order chi connectivity index (χ1) is 9.70. The highest BCUT2D eigenvalue weighted by atomic mass is 16.2. The fourth-order valence-electron chi connectivity index (χ4n) is 3.11. The Morgan fingerprint density at radius 2 is 1.75 bits per heavy atom. The van der Waals surface area contributed by atoms with Crippen molar-refractivity contribution in [1.29, 1.82) is 0 Å². The van der Waals surface area contributed by atoms with Gasteiger partial charge in [-0.25, -0.2) is 0 Å². The number of hydrogen-bond donors (Lipinski definition) is 1. The Morgan fingerprint density at radius 3 is 2.35 bits per heavy atom. The minimum absolute atomic E-state index is 0.342. The van der Waals surface area contributed by atoms with E-state index in [2.05, 4.69) is 17.1 Å². The van der Waals surface area contributed by atoms with Crippen molar-refractivity contribution < 1.29 is 9.59 Å². The number of carbonyl (C=O) groups is 2. The molecule has 2 fully saturated rings. The van der Waals surface area contributed by atoms with Crippen molar-refractivity contribution in [3.8, 4) is 0 Å². The van der Waals surface area contributed by atoms with E-state index >= 15 is 0 Å². The number of hydrogen-bond acceptors (Lipinski definition) is 3. The molecule has 0 radical (unpaired) electrons. The SMILES string of the molecule is CCCN1CCC(CNC(=O)C(=O)N2CCCC2)CC1. The molecule has 0 atom stereocenters. The van der Waals surface area contributed by atoms with E-state index in [0.29, 0.717) is 12.5 Å². The third-order valence-electron chi connectivity index (χ3n) is 4.39. The lowest BCUT2D eigenvalue weighted by molar-refractivity contribution is -0.145. The molecule has 114 valence electrons. The molecular formula is C15H27N3O2. The molecule has 0 bridgehead atoms. The Kier molecular flexibility index (Phi) is 5.83. The largest absolute Gasteiger partial charge is 0.348 e. The van der Waals surface area contributed by atoms with Crippen LogP contribution in [0.5, 0.6) is 0 Å². The summed E-state index contributed by atoms with van der Waals surface area (Å²) < 4.78 is 0. The predicted octanol–water partition coefficient (Wildman–Crippen LogP) is 0.847. The number of nitrogens with zero attached hydrogens (tertiary/aromatic N) is 2. The second-order valence-corrected chi connectivity index (χ2v) is 5.99. The summed E-state index contributed by atoms with van der Waals surface area (Å²) in [5.41, 5.74) is 0. The minimum Gasteiger partial charge on any atom is -0.348 e. The third-order valence-corrected chi connectivity index (χ3v) is 4.39. The molecule has 0 aromatic heterocycles. The first-order valence-electron chi connectivity index (χ1n) is 8.00. The van der Waals surface area contributed by atoms with Gasteiger partial charge in [0.2, 0.25) is 0 Å². The van der Waals surface area contributed by atoms with Crippen LogP contribution in [0.3, 0.4) is 0 Å². The van der Waals surface area contributed by atoms with E-state index in [1.807, 2.05) is 0 Å². The van der Waals surface area contributed by atoms with Crippen LogP contribution in [0.1, 0.15) is 39.0 Å². The topological polar surface area (TPSA) is 52.7 Å². The summed E-state index contributed by atoms with van der Waals surface area (Å²) >= 11 is 0. The zero-order valence-electron chi connectivity index (χ0n) is 12.6. The first kappa shape index (κ1) is 15.3. The molecule has 1 N–H and O–H groups in total. The van der Waals surface area contributed by atoms with E-state index in [1.54, 1.807) is 4.90 Å². The molecule has 2 heterocycles. The first-order valence-corrected chi connectivity index (χ1v) is 8.00. The van der Waals surface area contributed by atoms with Crippen molar-refractivity contribution in [2.45, 2.75) is 39.0 Å². The Labute approximate surface area is 121 Å². The zero-order chi connectivity index (χ0) is 14.4. The molecule has 2 rings (SSSR count). The summed E-state index contributed by atoms with van der Waals surface area (Å²) in [5, 5.41) is 2.83. The summed E-state index contributed by atoms with van der Waals surface area (Å²) in [5.74, 6) is -0.229. The summed E-state index contributed by atoms with van der Waals surface area (Å²) in [6, 6.07) is 0. The van der Waals surface area contributed by atoms with E-state index in [1.165, 1.54) is 13.0 Å². The smallest absolute Gasteiger partial charge is 0.311 e. The normalized spacial score (nSPS) is 21.1. The van der Waals surface area contributed by atoms with Crippen LogP contribution in [0.25, 0.3) is 0 Å². The van der Waals surface area contributed by atoms with Crippen LogP contribution < -0.4 is 5.32 Å². The van der Waals surface area contributed by atoms with Gasteiger partial charge in [0.15, 0.2) is 0 Å². The van der Waals surface area contributed by atoms with Gasteiger partial charge in [0.1, 0.15) is 0 Å². The molecule has 0 aromatic carbocycles. The Morgan fingerprint density at radius 1 is 1.10 bits per heavy atom. The Balaban J connectivity index is 1.65. The molecule has 2 aliphatic heterocycles. The van der Waals surface area contributed by atoms with Crippen molar-refractivity contribution in [1.82, 2.24) is 15.1 Å². The van der Waals surface area contributed by atoms with Crippen LogP contribution in [0, 0.1) is 5.92 Å². The molecule has 5 heteroatoms. The van der Waals surface area contributed by atoms with Crippen LogP contribution in [-0.4, -0.2) is 60.9 Å². The van der Waals surface area contributed by atoms with Gasteiger partial charge >= 0.3 is 11.8 Å². The second kappa shape index (κ2) is 7.62. The van der Waals surface area contributed by atoms with Gasteiger partial charge in [-0.2, -0.15) is 0 Å². The average molecular weight is 281 g/mol. The number of nitrogens with one attached hydrogen (secondary N) is 1. The second-order valence-electron chi connectivity index (χ2n) is 5.99. The van der Waals surface area contributed by atoms with Crippen LogP contribution in [-0.2, 0) is 9.59 Å². The van der Waals surface area contributed by atoms with E-state index in [0.717, 1.165) is 51.9 Å². The van der Waals surface area contributed by atoms with E-state index < -0.39 is 5.91 Å². The summed E-state index contributed by atoms with van der Waals surface area (Å²) in [6.07, 6.45) is 5.49. The summed E-state index contributed by atoms with van der Waals surface area (Å²) in [4.78, 5) is 27.8. The highest BCUT2D eigenvalue weighted by molar-refractivity contribution is 6.35. The third kappa shape index (κ3) is 4.20. The van der Waals surface area contributed by atoms with Gasteiger partial charge in [-0.1, -0.05) is 6.92 Å². The molecule has 2 aliphatic rings. The molecule has 0 spiro atoms. The van der Waals surface area contributed by atoms with E-state index in [9.17, 15) is 9.59 Å². The van der Waals surface area contributed by atoms with Crippen molar-refractivity contribution in [2.75, 3.05) is 39.3 Å². The van der Waals surface area contributed by atoms with Crippen molar-refractivity contribution in [3.05, 3.63) is 0 Å². The maximum absolute atomic E-state index is 11.9. The van der Waals surface area contributed by atoms with Gasteiger partial charge in [0, 0.05) is 19.6 Å². The summed E-state index contributed by atoms with van der Waals surface area (Å²) in [6.45, 7) is 7.74. The van der Waals surface area contributed by atoms with Gasteiger partial charge in [-0.05, 0) is 57.7 Å². The van der Waals surface area contributed by atoms with E-state index in [-0.39, 0.29) is 5.91 Å². The highest BCUT2D eigenvalue weighted by Gasteiger charge is 2.25. The van der Waals surface area contributed by atoms with Gasteiger partial charge in [0.25, 0.3) is 0 Å². The number of piperidine rings is 1. The molecule has 2 amide bonds. The molecule has 0 unspecified atom stereocenters. The van der Waals surface area contributed by atoms with Gasteiger partial charge in [-0.3, -0.25) is 9.59 Å². The van der Waals surface area contributed by atoms with E-state index in [4.69, 9.17) is 0 Å². The molecule has 0 aliphatic carbocycles. The minimum atomic E-state index is -0.414.